The number of primary amides is 1. The largest absolute Gasteiger partial charge is 0.481 e. The van der Waals surface area contributed by atoms with Gasteiger partial charge in [0.25, 0.3) is 0 Å². The summed E-state index contributed by atoms with van der Waals surface area (Å²) in [4.78, 5) is 32.6. The molecule has 0 aromatic rings. The van der Waals surface area contributed by atoms with Crippen molar-refractivity contribution in [1.29, 1.82) is 0 Å². The molecule has 0 aliphatic rings. The summed E-state index contributed by atoms with van der Waals surface area (Å²) in [5.41, 5.74) is 3.90. The SMILES string of the molecule is CC(C)(CC(=O)NCCCCC(N)=O)C(=O)O. The Labute approximate surface area is 101 Å². The van der Waals surface area contributed by atoms with Crippen LogP contribution in [-0.2, 0) is 14.4 Å². The second-order valence-corrected chi connectivity index (χ2v) is 4.64. The molecule has 6 heteroatoms. The quantitative estimate of drug-likeness (QED) is 0.532. The van der Waals surface area contributed by atoms with Gasteiger partial charge in [-0.1, -0.05) is 0 Å². The Balaban J connectivity index is 3.74. The lowest BCUT2D eigenvalue weighted by atomic mass is 9.89. The Morgan fingerprint density at radius 2 is 1.82 bits per heavy atom. The van der Waals surface area contributed by atoms with Gasteiger partial charge in [-0.25, -0.2) is 0 Å². The van der Waals surface area contributed by atoms with E-state index in [2.05, 4.69) is 5.32 Å². The number of rotatable bonds is 8. The third kappa shape index (κ3) is 7.32. The van der Waals surface area contributed by atoms with E-state index in [4.69, 9.17) is 10.8 Å². The molecule has 0 spiro atoms. The molecule has 2 amide bonds. The molecule has 0 saturated carbocycles. The van der Waals surface area contributed by atoms with Gasteiger partial charge in [0, 0.05) is 19.4 Å². The molecule has 0 heterocycles. The molecule has 98 valence electrons. The summed E-state index contributed by atoms with van der Waals surface area (Å²) in [6.07, 6.45) is 1.52. The van der Waals surface area contributed by atoms with Crippen molar-refractivity contribution in [3.63, 3.8) is 0 Å². The zero-order valence-electron chi connectivity index (χ0n) is 10.3. The number of carbonyl (C=O) groups is 3. The predicted octanol–water partition coefficient (Wildman–Crippen LogP) is 0.259. The van der Waals surface area contributed by atoms with Gasteiger partial charge in [0.15, 0.2) is 0 Å². The number of nitrogens with one attached hydrogen (secondary N) is 1. The summed E-state index contributed by atoms with van der Waals surface area (Å²) in [6.45, 7) is 3.44. The Morgan fingerprint density at radius 1 is 1.24 bits per heavy atom. The third-order valence-corrected chi connectivity index (χ3v) is 2.35. The van der Waals surface area contributed by atoms with E-state index in [0.717, 1.165) is 0 Å². The van der Waals surface area contributed by atoms with Crippen LogP contribution in [0.5, 0.6) is 0 Å². The summed E-state index contributed by atoms with van der Waals surface area (Å²) in [7, 11) is 0. The van der Waals surface area contributed by atoms with Crippen LogP contribution < -0.4 is 11.1 Å². The van der Waals surface area contributed by atoms with Crippen molar-refractivity contribution < 1.29 is 19.5 Å². The number of nitrogens with two attached hydrogens (primary N) is 1. The fourth-order valence-electron chi connectivity index (χ4n) is 1.19. The summed E-state index contributed by atoms with van der Waals surface area (Å²) >= 11 is 0. The number of carboxylic acid groups (broad SMARTS) is 1. The normalized spacial score (nSPS) is 10.9. The van der Waals surface area contributed by atoms with Crippen LogP contribution in [0.25, 0.3) is 0 Å². The average Bonchev–Trinajstić information content (AvgIpc) is 2.15. The number of unbranched alkanes of at least 4 members (excludes halogenated alkanes) is 1. The van der Waals surface area contributed by atoms with Gasteiger partial charge in [-0.15, -0.1) is 0 Å². The third-order valence-electron chi connectivity index (χ3n) is 2.35. The molecular formula is C11H20N2O4. The fourth-order valence-corrected chi connectivity index (χ4v) is 1.19. The molecular weight excluding hydrogens is 224 g/mol. The number of hydrogen-bond acceptors (Lipinski definition) is 3. The van der Waals surface area contributed by atoms with Crippen LogP contribution in [0.3, 0.4) is 0 Å². The van der Waals surface area contributed by atoms with Crippen LogP contribution in [0.1, 0.15) is 39.5 Å². The van der Waals surface area contributed by atoms with Crippen molar-refractivity contribution in [2.45, 2.75) is 39.5 Å². The molecule has 0 bridgehead atoms. The van der Waals surface area contributed by atoms with Gasteiger partial charge >= 0.3 is 5.97 Å². The zero-order valence-corrected chi connectivity index (χ0v) is 10.3. The first-order valence-corrected chi connectivity index (χ1v) is 5.54. The summed E-state index contributed by atoms with van der Waals surface area (Å²) in [5.74, 6) is -1.65. The topological polar surface area (TPSA) is 109 Å². The highest BCUT2D eigenvalue weighted by molar-refractivity contribution is 5.84. The highest BCUT2D eigenvalue weighted by atomic mass is 16.4. The minimum atomic E-state index is -1.06. The summed E-state index contributed by atoms with van der Waals surface area (Å²) in [6, 6.07) is 0. The predicted molar refractivity (Wildman–Crippen MR) is 62.1 cm³/mol. The van der Waals surface area contributed by atoms with Crippen molar-refractivity contribution in [3.05, 3.63) is 0 Å². The van der Waals surface area contributed by atoms with E-state index >= 15 is 0 Å². The van der Waals surface area contributed by atoms with Gasteiger partial charge < -0.3 is 16.2 Å². The first-order chi connectivity index (χ1) is 7.75. The first kappa shape index (κ1) is 15.4. The lowest BCUT2D eigenvalue weighted by Gasteiger charge is -2.18. The number of carbonyl (C=O) groups excluding carboxylic acids is 2. The molecule has 0 aromatic carbocycles. The summed E-state index contributed by atoms with van der Waals surface area (Å²) < 4.78 is 0. The fraction of sp³-hybridized carbons (Fsp3) is 0.727. The van der Waals surface area contributed by atoms with Crippen LogP contribution in [0.4, 0.5) is 0 Å². The molecule has 0 rings (SSSR count). The van der Waals surface area contributed by atoms with Crippen molar-refractivity contribution in [2.24, 2.45) is 11.1 Å². The second-order valence-electron chi connectivity index (χ2n) is 4.64. The number of aliphatic carboxylic acids is 1. The maximum Gasteiger partial charge on any atom is 0.309 e. The molecule has 0 radical (unpaired) electrons. The number of amides is 2. The summed E-state index contributed by atoms with van der Waals surface area (Å²) in [5, 5.41) is 11.4. The molecule has 0 aliphatic carbocycles. The van der Waals surface area contributed by atoms with Crippen LogP contribution in [0.15, 0.2) is 0 Å². The van der Waals surface area contributed by atoms with Crippen LogP contribution in [-0.4, -0.2) is 29.4 Å². The van der Waals surface area contributed by atoms with Crippen molar-refractivity contribution >= 4 is 17.8 Å². The Kier molecular flexibility index (Phi) is 6.23. The van der Waals surface area contributed by atoms with Gasteiger partial charge in [-0.3, -0.25) is 14.4 Å². The van der Waals surface area contributed by atoms with Crippen LogP contribution in [0, 0.1) is 5.41 Å². The van der Waals surface area contributed by atoms with Crippen molar-refractivity contribution in [2.75, 3.05) is 6.54 Å². The highest BCUT2D eigenvalue weighted by Crippen LogP contribution is 2.19. The average molecular weight is 244 g/mol. The smallest absolute Gasteiger partial charge is 0.309 e. The van der Waals surface area contributed by atoms with Crippen molar-refractivity contribution in [3.8, 4) is 0 Å². The Morgan fingerprint density at radius 3 is 2.29 bits per heavy atom. The highest BCUT2D eigenvalue weighted by Gasteiger charge is 2.29. The molecule has 17 heavy (non-hydrogen) atoms. The van der Waals surface area contributed by atoms with Gasteiger partial charge in [0.2, 0.25) is 11.8 Å². The van der Waals surface area contributed by atoms with Gasteiger partial charge in [0.1, 0.15) is 0 Å². The van der Waals surface area contributed by atoms with Gasteiger partial charge in [0.05, 0.1) is 5.41 Å². The maximum absolute atomic E-state index is 11.4. The minimum absolute atomic E-state index is 0.0574. The van der Waals surface area contributed by atoms with E-state index in [1.165, 1.54) is 13.8 Å². The molecule has 0 aliphatic heterocycles. The number of hydrogen-bond donors (Lipinski definition) is 3. The van der Waals surface area contributed by atoms with E-state index < -0.39 is 11.4 Å². The minimum Gasteiger partial charge on any atom is -0.481 e. The lowest BCUT2D eigenvalue weighted by Crippen LogP contribution is -2.33. The maximum atomic E-state index is 11.4. The molecule has 4 N–H and O–H groups in total. The lowest BCUT2D eigenvalue weighted by molar-refractivity contribution is -0.149. The molecule has 0 saturated heterocycles. The van der Waals surface area contributed by atoms with Crippen LogP contribution >= 0.6 is 0 Å². The van der Waals surface area contributed by atoms with E-state index in [0.29, 0.717) is 25.8 Å². The molecule has 0 atom stereocenters. The monoisotopic (exact) mass is 244 g/mol. The van der Waals surface area contributed by atoms with E-state index in [-0.39, 0.29) is 18.2 Å². The molecule has 6 nitrogen and oxygen atoms in total. The van der Waals surface area contributed by atoms with Gasteiger partial charge in [-0.05, 0) is 26.7 Å². The van der Waals surface area contributed by atoms with E-state index in [1.807, 2.05) is 0 Å². The van der Waals surface area contributed by atoms with Gasteiger partial charge in [-0.2, -0.15) is 0 Å². The Hall–Kier alpha value is -1.59. The van der Waals surface area contributed by atoms with E-state index in [1.54, 1.807) is 0 Å². The zero-order chi connectivity index (χ0) is 13.5. The standard InChI is InChI=1S/C11H20N2O4/c1-11(2,10(16)17)7-9(15)13-6-4-3-5-8(12)14/h3-7H2,1-2H3,(H2,12,14)(H,13,15)(H,16,17). The Bertz CT molecular complexity index is 300. The van der Waals surface area contributed by atoms with Crippen LogP contribution in [0.2, 0.25) is 0 Å². The molecule has 0 unspecified atom stereocenters. The van der Waals surface area contributed by atoms with E-state index in [9.17, 15) is 14.4 Å². The molecule has 0 aromatic heterocycles. The number of carboxylic acids is 1. The first-order valence-electron chi connectivity index (χ1n) is 5.54. The van der Waals surface area contributed by atoms with Crippen molar-refractivity contribution in [1.82, 2.24) is 5.32 Å². The molecule has 0 fully saturated rings. The second kappa shape index (κ2) is 6.88.